The van der Waals surface area contributed by atoms with Crippen molar-refractivity contribution in [1.82, 2.24) is 14.1 Å². The number of rotatable bonds is 4. The maximum Gasteiger partial charge on any atom is 0.333 e. The third-order valence-electron chi connectivity index (χ3n) is 4.52. The van der Waals surface area contributed by atoms with E-state index in [9.17, 15) is 18.4 Å². The first kappa shape index (κ1) is 17.8. The number of benzene rings is 2. The van der Waals surface area contributed by atoms with Gasteiger partial charge in [0.05, 0.1) is 18.5 Å². The number of halogens is 2. The fraction of sp³-hybridized carbons (Fsp3) is 0.0952. The topological polar surface area (TPSA) is 56.9 Å². The molecule has 5 nitrogen and oxygen atoms in total. The summed E-state index contributed by atoms with van der Waals surface area (Å²) in [6.45, 7) is -0.0945. The van der Waals surface area contributed by atoms with Crippen LogP contribution in [0.15, 0.2) is 76.4 Å². The number of hydrogen-bond acceptors (Lipinski definition) is 3. The molecule has 0 bridgehead atoms. The Morgan fingerprint density at radius 1 is 0.821 bits per heavy atom. The minimum Gasteiger partial charge on any atom is -0.273 e. The van der Waals surface area contributed by atoms with Crippen molar-refractivity contribution in [3.05, 3.63) is 110 Å². The zero-order valence-corrected chi connectivity index (χ0v) is 14.7. The van der Waals surface area contributed by atoms with Crippen LogP contribution >= 0.6 is 0 Å². The van der Waals surface area contributed by atoms with Gasteiger partial charge < -0.3 is 0 Å². The normalized spacial score (nSPS) is 11.1. The van der Waals surface area contributed by atoms with E-state index in [0.717, 1.165) is 4.57 Å². The maximum atomic E-state index is 14.1. The van der Waals surface area contributed by atoms with Gasteiger partial charge in [0, 0.05) is 11.8 Å². The van der Waals surface area contributed by atoms with Crippen molar-refractivity contribution in [3.63, 3.8) is 0 Å². The molecule has 0 N–H and O–H groups in total. The molecular weight excluding hydrogens is 364 g/mol. The fourth-order valence-corrected chi connectivity index (χ4v) is 3.10. The van der Waals surface area contributed by atoms with E-state index < -0.39 is 22.9 Å². The van der Waals surface area contributed by atoms with E-state index in [4.69, 9.17) is 0 Å². The first-order valence-electron chi connectivity index (χ1n) is 8.61. The Hall–Kier alpha value is -3.61. The second-order valence-electron chi connectivity index (χ2n) is 6.35. The lowest BCUT2D eigenvalue weighted by Crippen LogP contribution is -2.41. The van der Waals surface area contributed by atoms with Gasteiger partial charge in [0.2, 0.25) is 0 Å². The zero-order chi connectivity index (χ0) is 19.7. The Morgan fingerprint density at radius 3 is 2.32 bits per heavy atom. The molecule has 0 spiro atoms. The largest absolute Gasteiger partial charge is 0.333 e. The van der Waals surface area contributed by atoms with E-state index in [2.05, 4.69) is 4.98 Å². The van der Waals surface area contributed by atoms with Crippen molar-refractivity contribution in [1.29, 1.82) is 0 Å². The summed E-state index contributed by atoms with van der Waals surface area (Å²) in [7, 11) is 0. The predicted molar refractivity (Wildman–Crippen MR) is 101 cm³/mol. The Kier molecular flexibility index (Phi) is 4.57. The monoisotopic (exact) mass is 379 g/mol. The van der Waals surface area contributed by atoms with Crippen LogP contribution in [0.25, 0.3) is 11.0 Å². The molecule has 28 heavy (non-hydrogen) atoms. The third kappa shape index (κ3) is 3.22. The quantitative estimate of drug-likeness (QED) is 0.548. The van der Waals surface area contributed by atoms with Crippen LogP contribution in [-0.4, -0.2) is 14.1 Å². The molecule has 0 aliphatic carbocycles. The molecule has 140 valence electrons. The minimum absolute atomic E-state index is 0.0277. The summed E-state index contributed by atoms with van der Waals surface area (Å²) in [6.07, 6.45) is 1.48. The summed E-state index contributed by atoms with van der Waals surface area (Å²) in [6, 6.07) is 14.8. The van der Waals surface area contributed by atoms with Gasteiger partial charge in [-0.2, -0.15) is 0 Å². The van der Waals surface area contributed by atoms with Crippen LogP contribution in [0.1, 0.15) is 11.1 Å². The number of pyridine rings is 1. The van der Waals surface area contributed by atoms with E-state index in [1.54, 1.807) is 30.3 Å². The smallest absolute Gasteiger partial charge is 0.273 e. The van der Waals surface area contributed by atoms with Gasteiger partial charge >= 0.3 is 5.69 Å². The van der Waals surface area contributed by atoms with E-state index in [-0.39, 0.29) is 24.1 Å². The summed E-state index contributed by atoms with van der Waals surface area (Å²) >= 11 is 0. The molecule has 0 aliphatic heterocycles. The molecule has 0 amide bonds. The van der Waals surface area contributed by atoms with Crippen LogP contribution in [0.3, 0.4) is 0 Å². The molecule has 0 fully saturated rings. The van der Waals surface area contributed by atoms with Gasteiger partial charge in [-0.3, -0.25) is 13.9 Å². The third-order valence-corrected chi connectivity index (χ3v) is 4.52. The van der Waals surface area contributed by atoms with Gasteiger partial charge in [0.1, 0.15) is 17.3 Å². The molecule has 0 saturated carbocycles. The van der Waals surface area contributed by atoms with Crippen LogP contribution in [0.4, 0.5) is 8.78 Å². The molecule has 0 radical (unpaired) electrons. The highest BCUT2D eigenvalue weighted by Crippen LogP contribution is 2.11. The Balaban J connectivity index is 1.91. The van der Waals surface area contributed by atoms with Crippen LogP contribution in [0.5, 0.6) is 0 Å². The van der Waals surface area contributed by atoms with Crippen molar-refractivity contribution in [2.24, 2.45) is 0 Å². The lowest BCUT2D eigenvalue weighted by Gasteiger charge is -2.14. The summed E-state index contributed by atoms with van der Waals surface area (Å²) in [4.78, 5) is 30.1. The molecule has 0 atom stereocenters. The van der Waals surface area contributed by atoms with E-state index in [1.807, 2.05) is 0 Å². The molecule has 0 aliphatic rings. The maximum absolute atomic E-state index is 14.1. The average molecular weight is 379 g/mol. The minimum atomic E-state index is -0.608. The zero-order valence-electron chi connectivity index (χ0n) is 14.7. The highest BCUT2D eigenvalue weighted by Gasteiger charge is 2.15. The van der Waals surface area contributed by atoms with E-state index >= 15 is 0 Å². The Morgan fingerprint density at radius 2 is 1.57 bits per heavy atom. The standard InChI is InChI=1S/C21H15F2N3O2/c22-16-9-7-14(8-10-16)12-26-20(27)17-5-3-11-24-19(17)25(21(26)28)13-15-4-1-2-6-18(15)23/h1-11H,12-13H2. The summed E-state index contributed by atoms with van der Waals surface area (Å²) in [5, 5.41) is 0.251. The summed E-state index contributed by atoms with van der Waals surface area (Å²) in [5.41, 5.74) is -0.00749. The lowest BCUT2D eigenvalue weighted by atomic mass is 10.2. The highest BCUT2D eigenvalue weighted by atomic mass is 19.1. The van der Waals surface area contributed by atoms with Gasteiger partial charge in [-0.15, -0.1) is 0 Å². The highest BCUT2D eigenvalue weighted by molar-refractivity contribution is 5.73. The van der Waals surface area contributed by atoms with Gasteiger partial charge in [-0.25, -0.2) is 18.6 Å². The second-order valence-corrected chi connectivity index (χ2v) is 6.35. The summed E-state index contributed by atoms with van der Waals surface area (Å²) in [5.74, 6) is -0.856. The molecule has 4 aromatic rings. The van der Waals surface area contributed by atoms with E-state index in [0.29, 0.717) is 11.1 Å². The van der Waals surface area contributed by atoms with Gasteiger partial charge in [0.25, 0.3) is 5.56 Å². The molecule has 2 aromatic carbocycles. The van der Waals surface area contributed by atoms with Crippen LogP contribution in [-0.2, 0) is 13.1 Å². The first-order chi connectivity index (χ1) is 13.5. The van der Waals surface area contributed by atoms with Crippen LogP contribution in [0.2, 0.25) is 0 Å². The molecule has 7 heteroatoms. The van der Waals surface area contributed by atoms with Crippen LogP contribution in [0, 0.1) is 11.6 Å². The van der Waals surface area contributed by atoms with Crippen molar-refractivity contribution in [2.45, 2.75) is 13.1 Å². The number of hydrogen-bond donors (Lipinski definition) is 0. The molecule has 0 saturated heterocycles. The molecule has 2 aromatic heterocycles. The van der Waals surface area contributed by atoms with E-state index in [1.165, 1.54) is 41.1 Å². The predicted octanol–water partition coefficient (Wildman–Crippen LogP) is 2.93. The molecule has 2 heterocycles. The average Bonchev–Trinajstić information content (AvgIpc) is 2.71. The van der Waals surface area contributed by atoms with Crippen molar-refractivity contribution in [3.8, 4) is 0 Å². The van der Waals surface area contributed by atoms with Gasteiger partial charge in [0.15, 0.2) is 0 Å². The molecular formula is C21H15F2N3O2. The van der Waals surface area contributed by atoms with Crippen molar-refractivity contribution in [2.75, 3.05) is 0 Å². The number of nitrogens with zero attached hydrogens (tertiary/aromatic N) is 3. The number of fused-ring (bicyclic) bond motifs is 1. The lowest BCUT2D eigenvalue weighted by molar-refractivity contribution is 0.581. The van der Waals surface area contributed by atoms with Gasteiger partial charge in [-0.05, 0) is 35.9 Å². The molecule has 0 unspecified atom stereocenters. The SMILES string of the molecule is O=c1c2cccnc2n(Cc2ccccc2F)c(=O)n1Cc1ccc(F)cc1. The van der Waals surface area contributed by atoms with Crippen molar-refractivity contribution >= 4 is 11.0 Å². The Labute approximate surface area is 158 Å². The number of aromatic nitrogens is 3. The molecule has 4 rings (SSSR count). The Bertz CT molecular complexity index is 1280. The van der Waals surface area contributed by atoms with Crippen LogP contribution < -0.4 is 11.2 Å². The summed E-state index contributed by atoms with van der Waals surface area (Å²) < 4.78 is 29.6. The fourth-order valence-electron chi connectivity index (χ4n) is 3.10. The van der Waals surface area contributed by atoms with Crippen molar-refractivity contribution < 1.29 is 8.78 Å². The second kappa shape index (κ2) is 7.19. The van der Waals surface area contributed by atoms with Gasteiger partial charge in [-0.1, -0.05) is 30.3 Å². The first-order valence-corrected chi connectivity index (χ1v) is 8.61.